The molecule has 0 spiro atoms. The number of rotatable bonds is 6. The average molecular weight is 625 g/mol. The van der Waals surface area contributed by atoms with Crippen molar-refractivity contribution in [3.63, 3.8) is 0 Å². The van der Waals surface area contributed by atoms with E-state index in [1.54, 1.807) is 0 Å². The monoisotopic (exact) mass is 624 g/mol. The van der Waals surface area contributed by atoms with Crippen LogP contribution in [0.4, 0.5) is 0 Å². The van der Waals surface area contributed by atoms with Crippen molar-refractivity contribution in [2.75, 3.05) is 26.4 Å². The lowest BCUT2D eigenvalue weighted by molar-refractivity contribution is -0.149. The molecular weight excluding hydrogens is 584 g/mol. The molecule has 4 fully saturated rings. The molecule has 0 amide bonds. The summed E-state index contributed by atoms with van der Waals surface area (Å²) in [4.78, 5) is 24.9. The highest BCUT2D eigenvalue weighted by molar-refractivity contribution is 5.85. The van der Waals surface area contributed by atoms with Crippen LogP contribution in [0.15, 0.2) is 84.9 Å². The van der Waals surface area contributed by atoms with Gasteiger partial charge in [0, 0.05) is 11.8 Å². The van der Waals surface area contributed by atoms with Crippen molar-refractivity contribution in [3.8, 4) is 0 Å². The molecule has 0 radical (unpaired) electrons. The summed E-state index contributed by atoms with van der Waals surface area (Å²) in [7, 11) is 0. The van der Waals surface area contributed by atoms with Crippen LogP contribution < -0.4 is 0 Å². The molecule has 240 valence electrons. The summed E-state index contributed by atoms with van der Waals surface area (Å²) in [6.45, 7) is 0.0654. The van der Waals surface area contributed by atoms with Gasteiger partial charge in [0.25, 0.3) is 0 Å². The fourth-order valence-corrected chi connectivity index (χ4v) is 8.69. The number of aliphatic hydroxyl groups excluding tert-OH is 2. The minimum absolute atomic E-state index is 0.0291. The van der Waals surface area contributed by atoms with Crippen molar-refractivity contribution in [3.05, 3.63) is 96.1 Å². The predicted molar refractivity (Wildman–Crippen MR) is 172 cm³/mol. The van der Waals surface area contributed by atoms with Gasteiger partial charge in [0.05, 0.1) is 48.5 Å². The Bertz CT molecular complexity index is 1670. The maximum absolute atomic E-state index is 12.4. The van der Waals surface area contributed by atoms with Crippen molar-refractivity contribution >= 4 is 33.5 Å². The topological polar surface area (TPSA) is 134 Å². The van der Waals surface area contributed by atoms with E-state index < -0.39 is 22.0 Å². The van der Waals surface area contributed by atoms with Crippen LogP contribution in [0.3, 0.4) is 0 Å². The lowest BCUT2D eigenvalue weighted by Gasteiger charge is -2.26. The number of hydrogen-bond acceptors (Lipinski definition) is 8. The van der Waals surface area contributed by atoms with Crippen LogP contribution >= 0.6 is 0 Å². The van der Waals surface area contributed by atoms with Crippen LogP contribution in [-0.2, 0) is 31.9 Å². The largest absolute Gasteiger partial charge is 0.465 e. The van der Waals surface area contributed by atoms with Crippen LogP contribution in [0.5, 0.6) is 0 Å². The lowest BCUT2D eigenvalue weighted by atomic mass is 9.74. The number of fused-ring (bicyclic) bond motifs is 4. The first-order valence-electron chi connectivity index (χ1n) is 16.1. The molecule has 2 heterocycles. The van der Waals surface area contributed by atoms with Gasteiger partial charge in [0.2, 0.25) is 0 Å². The van der Waals surface area contributed by atoms with Crippen molar-refractivity contribution in [2.45, 2.75) is 49.7 Å². The van der Waals surface area contributed by atoms with Gasteiger partial charge < -0.3 is 29.9 Å². The Balaban J connectivity index is 0.000000147. The second-order valence-corrected chi connectivity index (χ2v) is 14.1. The molecule has 2 aliphatic heterocycles. The Morgan fingerprint density at radius 1 is 0.587 bits per heavy atom. The zero-order valence-electron chi connectivity index (χ0n) is 25.7. The maximum atomic E-state index is 12.4. The summed E-state index contributed by atoms with van der Waals surface area (Å²) in [5.74, 6) is -0.530. The molecule has 6 atom stereocenters. The summed E-state index contributed by atoms with van der Waals surface area (Å²) >= 11 is 0. The number of ether oxygens (including phenoxy) is 2. The van der Waals surface area contributed by atoms with E-state index in [-0.39, 0.29) is 49.8 Å². The van der Waals surface area contributed by atoms with E-state index in [0.717, 1.165) is 32.7 Å². The second kappa shape index (κ2) is 11.5. The van der Waals surface area contributed by atoms with Crippen LogP contribution in [0, 0.1) is 22.7 Å². The van der Waals surface area contributed by atoms with Crippen molar-refractivity contribution in [1.82, 2.24) is 0 Å². The number of carbonyl (C=O) groups excluding carboxylic acids is 2. The summed E-state index contributed by atoms with van der Waals surface area (Å²) in [5.41, 5.74) is -1.62. The SMILES string of the molecule is O=C1OC[C@H]2C[C@@](O)(CO)C[C@@]12Cc1ccc2ccccc2c1.O=C1OC[C@H]2C[C@](O)(CO)C[C@@]12Cc1ccc2ccccc2c1. The molecule has 2 aliphatic carbocycles. The Morgan fingerprint density at radius 2 is 0.978 bits per heavy atom. The molecule has 8 heteroatoms. The third-order valence-electron chi connectivity index (χ3n) is 11.0. The molecule has 2 saturated heterocycles. The molecule has 4 aliphatic rings. The van der Waals surface area contributed by atoms with Crippen molar-refractivity contribution < 1.29 is 39.5 Å². The summed E-state index contributed by atoms with van der Waals surface area (Å²) in [6.07, 6.45) is 2.47. The molecule has 2 saturated carbocycles. The fourth-order valence-electron chi connectivity index (χ4n) is 8.69. The minimum atomic E-state index is -1.17. The van der Waals surface area contributed by atoms with E-state index in [9.17, 15) is 30.0 Å². The molecule has 8 nitrogen and oxygen atoms in total. The average Bonchev–Trinajstić information content (AvgIpc) is 3.72. The van der Waals surface area contributed by atoms with Crippen molar-refractivity contribution in [1.29, 1.82) is 0 Å². The van der Waals surface area contributed by atoms with Gasteiger partial charge in [-0.15, -0.1) is 0 Å². The number of hydrogen-bond donors (Lipinski definition) is 4. The first-order valence-corrected chi connectivity index (χ1v) is 16.1. The van der Waals surface area contributed by atoms with E-state index in [1.165, 1.54) is 0 Å². The van der Waals surface area contributed by atoms with Gasteiger partial charge in [0.1, 0.15) is 0 Å². The number of benzene rings is 4. The molecule has 4 aromatic carbocycles. The van der Waals surface area contributed by atoms with Crippen LogP contribution in [0.2, 0.25) is 0 Å². The molecule has 0 bridgehead atoms. The van der Waals surface area contributed by atoms with Crippen LogP contribution in [0.25, 0.3) is 21.5 Å². The van der Waals surface area contributed by atoms with Gasteiger partial charge >= 0.3 is 11.9 Å². The van der Waals surface area contributed by atoms with Crippen molar-refractivity contribution in [2.24, 2.45) is 22.7 Å². The quantitative estimate of drug-likeness (QED) is 0.236. The first-order chi connectivity index (χ1) is 22.1. The number of cyclic esters (lactones) is 2. The van der Waals surface area contributed by atoms with Crippen LogP contribution in [-0.4, -0.2) is 70.0 Å². The highest BCUT2D eigenvalue weighted by Gasteiger charge is 2.63. The Morgan fingerprint density at radius 3 is 1.37 bits per heavy atom. The Labute approximate surface area is 267 Å². The predicted octanol–water partition coefficient (Wildman–Crippen LogP) is 4.12. The van der Waals surface area contributed by atoms with Gasteiger partial charge in [-0.1, -0.05) is 84.9 Å². The molecule has 4 aromatic rings. The zero-order chi connectivity index (χ0) is 32.2. The van der Waals surface area contributed by atoms with E-state index in [0.29, 0.717) is 38.9 Å². The standard InChI is InChI=1S/2C19H20O4/c2*20-12-18(22)9-16-10-23-17(21)19(16,11-18)8-13-5-6-14-3-1-2-4-15(14)7-13/h2*1-7,16,20,22H,8-12H2/t16-,18+,19-;16-,18-,19-/m11/s1. The smallest absolute Gasteiger partial charge is 0.312 e. The van der Waals surface area contributed by atoms with Gasteiger partial charge in [0.15, 0.2) is 0 Å². The maximum Gasteiger partial charge on any atom is 0.312 e. The van der Waals surface area contributed by atoms with Gasteiger partial charge in [-0.05, 0) is 71.2 Å². The number of aliphatic hydroxyl groups is 4. The third-order valence-corrected chi connectivity index (χ3v) is 11.0. The zero-order valence-corrected chi connectivity index (χ0v) is 25.7. The fraction of sp³-hybridized carbons (Fsp3) is 0.421. The Kier molecular flexibility index (Phi) is 7.67. The normalized spacial score (nSPS) is 33.0. The molecule has 8 rings (SSSR count). The molecule has 46 heavy (non-hydrogen) atoms. The summed E-state index contributed by atoms with van der Waals surface area (Å²) < 4.78 is 10.6. The minimum Gasteiger partial charge on any atom is -0.465 e. The molecular formula is C38H40O8. The Hall–Kier alpha value is -3.82. The molecule has 0 unspecified atom stereocenters. The summed E-state index contributed by atoms with van der Waals surface area (Å²) in [6, 6.07) is 28.6. The van der Waals surface area contributed by atoms with E-state index in [1.807, 2.05) is 36.4 Å². The van der Waals surface area contributed by atoms with E-state index >= 15 is 0 Å². The number of esters is 2. The van der Waals surface area contributed by atoms with Gasteiger partial charge in [-0.2, -0.15) is 0 Å². The second-order valence-electron chi connectivity index (χ2n) is 14.1. The highest BCUT2D eigenvalue weighted by Crippen LogP contribution is 2.55. The van der Waals surface area contributed by atoms with Crippen LogP contribution in [0.1, 0.15) is 36.8 Å². The lowest BCUT2D eigenvalue weighted by Crippen LogP contribution is -2.36. The van der Waals surface area contributed by atoms with Gasteiger partial charge in [-0.3, -0.25) is 9.59 Å². The summed E-state index contributed by atoms with van der Waals surface area (Å²) in [5, 5.41) is 44.5. The molecule has 0 aromatic heterocycles. The van der Waals surface area contributed by atoms with E-state index in [4.69, 9.17) is 9.47 Å². The van der Waals surface area contributed by atoms with E-state index in [2.05, 4.69) is 48.5 Å². The van der Waals surface area contributed by atoms with Gasteiger partial charge in [-0.25, -0.2) is 0 Å². The highest BCUT2D eigenvalue weighted by atomic mass is 16.5. The number of carbonyl (C=O) groups is 2. The first kappa shape index (κ1) is 30.8. The third kappa shape index (κ3) is 5.27. The molecule has 4 N–H and O–H groups in total.